The van der Waals surface area contributed by atoms with Gasteiger partial charge in [-0.25, -0.2) is 4.90 Å². The van der Waals surface area contributed by atoms with Crippen molar-refractivity contribution >= 4 is 46.3 Å². The standard InChI is InChI=1S/C14H9ClN2O2S/c15-9-3-1-5-11(7-9)17-13(18)12(20-14(17)19)8-10-4-2-6-16-10/h1-8,16H/b12-8+. The van der Waals surface area contributed by atoms with Gasteiger partial charge in [-0.15, -0.1) is 0 Å². The van der Waals surface area contributed by atoms with Crippen molar-refractivity contribution in [2.75, 3.05) is 4.90 Å². The fourth-order valence-corrected chi connectivity index (χ4v) is 2.90. The van der Waals surface area contributed by atoms with E-state index < -0.39 is 0 Å². The molecule has 1 N–H and O–H groups in total. The number of thioether (sulfide) groups is 1. The van der Waals surface area contributed by atoms with E-state index in [-0.39, 0.29) is 11.1 Å². The van der Waals surface area contributed by atoms with Crippen LogP contribution in [0.15, 0.2) is 47.5 Å². The van der Waals surface area contributed by atoms with Gasteiger partial charge >= 0.3 is 0 Å². The van der Waals surface area contributed by atoms with Gasteiger partial charge in [0, 0.05) is 16.9 Å². The van der Waals surface area contributed by atoms with Gasteiger partial charge in [-0.3, -0.25) is 9.59 Å². The van der Waals surface area contributed by atoms with Crippen LogP contribution in [-0.4, -0.2) is 16.1 Å². The van der Waals surface area contributed by atoms with Crippen molar-refractivity contribution in [3.05, 3.63) is 58.2 Å². The lowest BCUT2D eigenvalue weighted by Crippen LogP contribution is -2.27. The van der Waals surface area contributed by atoms with Crippen molar-refractivity contribution in [3.63, 3.8) is 0 Å². The lowest BCUT2D eigenvalue weighted by atomic mass is 10.3. The Bertz CT molecular complexity index is 710. The predicted molar refractivity (Wildman–Crippen MR) is 80.7 cm³/mol. The van der Waals surface area contributed by atoms with Crippen molar-refractivity contribution in [1.82, 2.24) is 4.98 Å². The SMILES string of the molecule is O=C1S/C(=C/c2ccc[nH]2)C(=O)N1c1cccc(Cl)c1. The molecule has 100 valence electrons. The van der Waals surface area contributed by atoms with Crippen molar-refractivity contribution in [2.24, 2.45) is 0 Å². The van der Waals surface area contributed by atoms with Crippen LogP contribution in [0.3, 0.4) is 0 Å². The largest absolute Gasteiger partial charge is 0.362 e. The van der Waals surface area contributed by atoms with Crippen molar-refractivity contribution in [2.45, 2.75) is 0 Å². The Labute approximate surface area is 124 Å². The Kier molecular flexibility index (Phi) is 3.38. The van der Waals surface area contributed by atoms with Crippen LogP contribution in [0.5, 0.6) is 0 Å². The minimum Gasteiger partial charge on any atom is -0.362 e. The second-order valence-electron chi connectivity index (χ2n) is 4.12. The molecule has 1 aliphatic heterocycles. The zero-order valence-corrected chi connectivity index (χ0v) is 11.7. The van der Waals surface area contributed by atoms with Crippen molar-refractivity contribution in [3.8, 4) is 0 Å². The van der Waals surface area contributed by atoms with Crippen molar-refractivity contribution < 1.29 is 9.59 Å². The third kappa shape index (κ3) is 2.37. The molecular formula is C14H9ClN2O2S. The number of anilines is 1. The van der Waals surface area contributed by atoms with Crippen LogP contribution >= 0.6 is 23.4 Å². The molecule has 1 saturated heterocycles. The molecule has 1 aromatic heterocycles. The molecule has 2 aromatic rings. The van der Waals surface area contributed by atoms with E-state index >= 15 is 0 Å². The van der Waals surface area contributed by atoms with E-state index in [1.54, 1.807) is 36.5 Å². The summed E-state index contributed by atoms with van der Waals surface area (Å²) in [6.07, 6.45) is 3.42. The van der Waals surface area contributed by atoms with Gasteiger partial charge < -0.3 is 4.98 Å². The molecule has 4 nitrogen and oxygen atoms in total. The number of aromatic amines is 1. The van der Waals surface area contributed by atoms with Crippen molar-refractivity contribution in [1.29, 1.82) is 0 Å². The number of benzene rings is 1. The first-order valence-electron chi connectivity index (χ1n) is 5.82. The van der Waals surface area contributed by atoms with Crippen LogP contribution < -0.4 is 4.90 Å². The number of carbonyl (C=O) groups excluding carboxylic acids is 2. The highest BCUT2D eigenvalue weighted by molar-refractivity contribution is 8.19. The Hall–Kier alpha value is -1.98. The minimum atomic E-state index is -0.336. The van der Waals surface area contributed by atoms with E-state index in [9.17, 15) is 9.59 Å². The molecule has 0 unspecified atom stereocenters. The van der Waals surface area contributed by atoms with E-state index in [1.807, 2.05) is 12.1 Å². The highest BCUT2D eigenvalue weighted by Crippen LogP contribution is 2.36. The summed E-state index contributed by atoms with van der Waals surface area (Å²) in [5.41, 5.74) is 1.26. The summed E-state index contributed by atoms with van der Waals surface area (Å²) < 4.78 is 0. The topological polar surface area (TPSA) is 53.2 Å². The summed E-state index contributed by atoms with van der Waals surface area (Å²) in [6.45, 7) is 0. The highest BCUT2D eigenvalue weighted by Gasteiger charge is 2.36. The van der Waals surface area contributed by atoms with Crippen LogP contribution in [0.1, 0.15) is 5.69 Å². The maximum atomic E-state index is 12.3. The maximum Gasteiger partial charge on any atom is 0.298 e. The highest BCUT2D eigenvalue weighted by atomic mass is 35.5. The molecule has 0 radical (unpaired) electrons. The van der Waals surface area contributed by atoms with Gasteiger partial charge in [0.05, 0.1) is 10.6 Å². The normalized spacial score (nSPS) is 17.2. The van der Waals surface area contributed by atoms with E-state index in [0.717, 1.165) is 22.4 Å². The number of hydrogen-bond donors (Lipinski definition) is 1. The van der Waals surface area contributed by atoms with Gasteiger partial charge in [0.25, 0.3) is 11.1 Å². The van der Waals surface area contributed by atoms with E-state index in [2.05, 4.69) is 4.98 Å². The van der Waals surface area contributed by atoms with Crippen LogP contribution in [0.2, 0.25) is 5.02 Å². The molecule has 2 amide bonds. The first kappa shape index (κ1) is 13.0. The van der Waals surface area contributed by atoms with E-state index in [4.69, 9.17) is 11.6 Å². The molecular weight excluding hydrogens is 296 g/mol. The molecule has 2 heterocycles. The first-order chi connectivity index (χ1) is 9.65. The number of carbonyl (C=O) groups is 2. The molecule has 1 aliphatic rings. The van der Waals surface area contributed by atoms with Gasteiger partial charge in [0.2, 0.25) is 0 Å². The number of nitrogens with one attached hydrogen (secondary N) is 1. The summed E-state index contributed by atoms with van der Waals surface area (Å²) in [5, 5.41) is 0.157. The second-order valence-corrected chi connectivity index (χ2v) is 5.55. The van der Waals surface area contributed by atoms with Crippen LogP contribution in [-0.2, 0) is 4.79 Å². The summed E-state index contributed by atoms with van der Waals surface area (Å²) >= 11 is 6.81. The van der Waals surface area contributed by atoms with Gasteiger partial charge in [0.1, 0.15) is 0 Å². The Morgan fingerprint density at radius 2 is 2.05 bits per heavy atom. The monoisotopic (exact) mass is 304 g/mol. The Morgan fingerprint density at radius 1 is 1.20 bits per heavy atom. The molecule has 6 heteroatoms. The number of hydrogen-bond acceptors (Lipinski definition) is 3. The smallest absolute Gasteiger partial charge is 0.298 e. The number of amides is 2. The Morgan fingerprint density at radius 3 is 2.75 bits per heavy atom. The molecule has 1 aromatic carbocycles. The fourth-order valence-electron chi connectivity index (χ4n) is 1.88. The van der Waals surface area contributed by atoms with Crippen LogP contribution in [0.25, 0.3) is 6.08 Å². The molecule has 1 fully saturated rings. The second kappa shape index (κ2) is 5.19. The fraction of sp³-hybridized carbons (Fsp3) is 0. The summed E-state index contributed by atoms with van der Waals surface area (Å²) in [4.78, 5) is 28.8. The molecule has 0 aliphatic carbocycles. The average Bonchev–Trinajstić information content (AvgIpc) is 2.99. The maximum absolute atomic E-state index is 12.3. The number of halogens is 1. The Balaban J connectivity index is 1.95. The van der Waals surface area contributed by atoms with Gasteiger partial charge in [0.15, 0.2) is 0 Å². The van der Waals surface area contributed by atoms with Crippen LogP contribution in [0.4, 0.5) is 10.5 Å². The summed E-state index contributed by atoms with van der Waals surface area (Å²) in [6, 6.07) is 10.3. The molecule has 0 spiro atoms. The zero-order chi connectivity index (χ0) is 14.1. The molecule has 20 heavy (non-hydrogen) atoms. The number of H-pyrrole nitrogens is 1. The molecule has 3 rings (SSSR count). The number of imide groups is 1. The van der Waals surface area contributed by atoms with Crippen LogP contribution in [0, 0.1) is 0 Å². The quantitative estimate of drug-likeness (QED) is 0.856. The number of rotatable bonds is 2. The molecule has 0 bridgehead atoms. The lowest BCUT2D eigenvalue weighted by molar-refractivity contribution is -0.113. The number of nitrogens with zero attached hydrogens (tertiary/aromatic N) is 1. The number of aromatic nitrogens is 1. The van der Waals surface area contributed by atoms with Gasteiger partial charge in [-0.1, -0.05) is 17.7 Å². The summed E-state index contributed by atoms with van der Waals surface area (Å²) in [5.74, 6) is -0.336. The van der Waals surface area contributed by atoms with Gasteiger partial charge in [-0.05, 0) is 48.2 Å². The third-order valence-corrected chi connectivity index (χ3v) is 3.87. The molecule has 0 atom stereocenters. The zero-order valence-electron chi connectivity index (χ0n) is 10.2. The molecule has 0 saturated carbocycles. The first-order valence-corrected chi connectivity index (χ1v) is 7.01. The predicted octanol–water partition coefficient (Wildman–Crippen LogP) is 3.91. The average molecular weight is 305 g/mol. The summed E-state index contributed by atoms with van der Waals surface area (Å²) in [7, 11) is 0. The lowest BCUT2D eigenvalue weighted by Gasteiger charge is -2.12. The minimum absolute atomic E-state index is 0.324. The van der Waals surface area contributed by atoms with Gasteiger partial charge in [-0.2, -0.15) is 0 Å². The third-order valence-electron chi connectivity index (χ3n) is 2.77. The van der Waals surface area contributed by atoms with E-state index in [1.165, 1.54) is 0 Å². The van der Waals surface area contributed by atoms with E-state index in [0.29, 0.717) is 15.6 Å².